The SMILES string of the molecule is [CH2-]CCC(CC[CH2-])OC(=O)NCC(=O)ON1C(=O)CCC1=O.[Cm].[Cm]. The number of ether oxygens (including phenoxy) is 1. The fraction of sp³-hybridized carbons (Fsp3) is 0.571. The summed E-state index contributed by atoms with van der Waals surface area (Å²) in [6, 6.07) is 0. The van der Waals surface area contributed by atoms with Gasteiger partial charge in [-0.05, 0) is 12.8 Å². The van der Waals surface area contributed by atoms with E-state index in [1.165, 1.54) is 0 Å². The van der Waals surface area contributed by atoms with Crippen LogP contribution in [0, 0.1) is 13.8 Å². The number of nitrogens with one attached hydrogen (secondary N) is 1. The molecule has 140 valence electrons. The van der Waals surface area contributed by atoms with Gasteiger partial charge in [-0.3, -0.25) is 9.59 Å². The van der Waals surface area contributed by atoms with E-state index < -0.39 is 30.4 Å². The summed E-state index contributed by atoms with van der Waals surface area (Å²) in [4.78, 5) is 50.1. The van der Waals surface area contributed by atoms with Gasteiger partial charge < -0.3 is 28.7 Å². The summed E-state index contributed by atoms with van der Waals surface area (Å²) in [6.45, 7) is 6.87. The van der Waals surface area contributed by atoms with Crippen LogP contribution in [-0.4, -0.2) is 41.6 Å². The monoisotopic (exact) mass is 798 g/mol. The molecule has 1 aliphatic heterocycles. The van der Waals surface area contributed by atoms with E-state index in [9.17, 15) is 19.2 Å². The van der Waals surface area contributed by atoms with Crippen LogP contribution in [-0.2, 0) is 24.0 Å². The minimum Gasteiger partial charge on any atom is -0.446 e. The molecule has 3 amide bonds. The maximum Gasteiger partial charge on any atom is 0.407 e. The molecule has 0 radical (unpaired) electrons. The van der Waals surface area contributed by atoms with Gasteiger partial charge in [0.1, 0.15) is 6.54 Å². The van der Waals surface area contributed by atoms with Crippen molar-refractivity contribution in [3.8, 4) is 0 Å². The maximum atomic E-state index is 11.5. The van der Waals surface area contributed by atoms with Crippen molar-refractivity contribution in [3.63, 3.8) is 0 Å². The molecule has 1 saturated heterocycles. The van der Waals surface area contributed by atoms with Gasteiger partial charge in [-0.15, -0.1) is 5.06 Å². The Morgan fingerprint density at radius 2 is 1.58 bits per heavy atom. The molecule has 0 atom stereocenters. The van der Waals surface area contributed by atoms with Crippen LogP contribution < -0.4 is 5.32 Å². The second-order valence-corrected chi connectivity index (χ2v) is 4.71. The fourth-order valence-electron chi connectivity index (χ4n) is 1.85. The predicted octanol–water partition coefficient (Wildman–Crippen LogP) is 0.917. The fourth-order valence-corrected chi connectivity index (χ4v) is 1.85. The first-order valence-electron chi connectivity index (χ1n) is 7.07. The third kappa shape index (κ3) is 6.55. The predicted molar refractivity (Wildman–Crippen MR) is 74.6 cm³/mol. The summed E-state index contributed by atoms with van der Waals surface area (Å²) >= 11 is 0. The van der Waals surface area contributed by atoms with E-state index in [1.807, 2.05) is 0 Å². The van der Waals surface area contributed by atoms with Crippen LogP contribution in [0.1, 0.15) is 38.5 Å². The third-order valence-corrected chi connectivity index (χ3v) is 2.90. The molecule has 1 N–H and O–H groups in total. The molecule has 1 fully saturated rings. The van der Waals surface area contributed by atoms with Gasteiger partial charge in [-0.1, -0.05) is 0 Å². The second kappa shape index (κ2) is 10.6. The number of hydrogen-bond donors (Lipinski definition) is 1. The molecule has 0 aromatic carbocycles. The average molecular weight is 806 g/mol. The van der Waals surface area contributed by atoms with Gasteiger partial charge in [-0.2, -0.15) is 12.8 Å². The first-order valence-corrected chi connectivity index (χ1v) is 7.07. The van der Waals surface area contributed by atoms with Gasteiger partial charge in [0, 0.05) is 12.8 Å². The molecule has 0 aromatic rings. The molecular weight excluding hydrogens is 786 g/mol. The Bertz CT molecular complexity index is 425. The number of nitrogens with zero attached hydrogens (tertiary/aromatic N) is 1. The molecule has 0 aliphatic carbocycles. The smallest absolute Gasteiger partial charge is 0.407 e. The zero-order valence-corrected chi connectivity index (χ0v) is 18.9. The van der Waals surface area contributed by atoms with E-state index in [1.54, 1.807) is 0 Å². The van der Waals surface area contributed by atoms with Crippen LogP contribution in [0.15, 0.2) is 0 Å². The number of imide groups is 1. The Morgan fingerprint density at radius 3 is 2.04 bits per heavy atom. The van der Waals surface area contributed by atoms with E-state index >= 15 is 0 Å². The number of hydrogen-bond acceptors (Lipinski definition) is 6. The van der Waals surface area contributed by atoms with E-state index in [-0.39, 0.29) is 18.9 Å². The van der Waals surface area contributed by atoms with Crippen molar-refractivity contribution in [1.82, 2.24) is 10.4 Å². The largest absolute Gasteiger partial charge is 0.446 e. The minimum absolute atomic E-state index is 0. The molecule has 0 spiro atoms. The van der Waals surface area contributed by atoms with Gasteiger partial charge in [0.15, 0.2) is 0 Å². The van der Waals surface area contributed by atoms with Gasteiger partial charge >= 0.3 is 12.1 Å². The van der Waals surface area contributed by atoms with Crippen LogP contribution in [0.4, 0.5) is 4.79 Å². The zero-order chi connectivity index (χ0) is 16.5. The molecule has 1 rings (SSSR count). The van der Waals surface area contributed by atoms with Gasteiger partial charge in [-0.25, -0.2) is 9.59 Å². The Morgan fingerprint density at radius 1 is 1.08 bits per heavy atom. The molecule has 10 heteroatoms. The zero-order valence-electron chi connectivity index (χ0n) is 13.0. The van der Waals surface area contributed by atoms with Crippen LogP contribution in [0.3, 0.4) is 0 Å². The van der Waals surface area contributed by atoms with Crippen molar-refractivity contribution >= 4 is 23.9 Å². The number of carbonyl (C=O) groups excluding carboxylic acids is 4. The Kier molecular flexibility index (Phi) is 9.78. The summed E-state index contributed by atoms with van der Waals surface area (Å²) in [5, 5.41) is 2.63. The quantitative estimate of drug-likeness (QED) is 0.290. The van der Waals surface area contributed by atoms with Gasteiger partial charge in [0.2, 0.25) is 0 Å². The summed E-state index contributed by atoms with van der Waals surface area (Å²) in [7, 11) is 0. The van der Waals surface area contributed by atoms with Crippen molar-refractivity contribution in [1.29, 1.82) is 0 Å². The van der Waals surface area contributed by atoms with Crippen molar-refractivity contribution in [2.45, 2.75) is 44.6 Å². The molecule has 1 aliphatic rings. The number of alkyl carbamates (subject to hydrolysis) is 1. The topological polar surface area (TPSA) is 102 Å². The maximum absolute atomic E-state index is 11.5. The second-order valence-electron chi connectivity index (χ2n) is 4.71. The van der Waals surface area contributed by atoms with E-state index in [0.29, 0.717) is 30.7 Å². The van der Waals surface area contributed by atoms with E-state index in [2.05, 4.69) is 24.0 Å². The van der Waals surface area contributed by atoms with Gasteiger partial charge in [0.25, 0.3) is 11.8 Å². The minimum atomic E-state index is -0.925. The standard InChI is InChI=1S/C14H20N2O6.2Cm/c1-3-5-10(6-4-2)21-14(20)15-9-13(19)22-16-11(17)7-8-12(16)18;;/h10H,1-9H2,(H,15,20);;/q-2;;. The Balaban J connectivity index is 0. The summed E-state index contributed by atoms with van der Waals surface area (Å²) in [5.41, 5.74) is 0. The molecule has 0 bridgehead atoms. The number of rotatable bonds is 8. The number of amides is 3. The molecule has 0 saturated carbocycles. The van der Waals surface area contributed by atoms with Crippen molar-refractivity contribution in [2.24, 2.45) is 0 Å². The van der Waals surface area contributed by atoms with E-state index in [4.69, 9.17) is 4.74 Å². The Labute approximate surface area is 129 Å². The van der Waals surface area contributed by atoms with Gasteiger partial charge in [0.05, 0.1) is 6.10 Å². The summed E-state index contributed by atoms with van der Waals surface area (Å²) in [6.07, 6.45) is 1.36. The number of hydroxylamine groups is 2. The molecule has 24 heavy (non-hydrogen) atoms. The van der Waals surface area contributed by atoms with Crippen LogP contribution >= 0.6 is 0 Å². The Hall–Kier alpha value is -4.12. The van der Waals surface area contributed by atoms with Crippen LogP contribution in [0.2, 0.25) is 0 Å². The molecule has 8 nitrogen and oxygen atoms in total. The van der Waals surface area contributed by atoms with E-state index in [0.717, 1.165) is 0 Å². The van der Waals surface area contributed by atoms with Crippen LogP contribution in [0.5, 0.6) is 0 Å². The number of carbonyl (C=O) groups is 4. The summed E-state index contributed by atoms with van der Waals surface area (Å²) < 4.78 is 5.11. The first kappa shape index (κ1) is 22.2. The molecule has 1 heterocycles. The summed E-state index contributed by atoms with van der Waals surface area (Å²) in [5.74, 6) is -2.08. The molecular formula is C14H20Cm2N2O6-2. The van der Waals surface area contributed by atoms with Crippen LogP contribution in [0.25, 0.3) is 0 Å². The average Bonchev–Trinajstić information content (AvgIpc) is 2.77. The van der Waals surface area contributed by atoms with Crippen molar-refractivity contribution in [2.75, 3.05) is 6.54 Å². The normalized spacial score (nSPS) is 13.2. The first-order chi connectivity index (χ1) is 10.5. The van der Waals surface area contributed by atoms with Crippen molar-refractivity contribution < 1.29 is 28.8 Å². The van der Waals surface area contributed by atoms with Crippen molar-refractivity contribution in [3.05, 3.63) is 13.8 Å². The molecule has 0 unspecified atom stereocenters. The third-order valence-electron chi connectivity index (χ3n) is 2.90. The molecule has 0 aromatic heterocycles.